The maximum atomic E-state index is 13.4. The summed E-state index contributed by atoms with van der Waals surface area (Å²) in [6.45, 7) is 1.01. The van der Waals surface area contributed by atoms with Crippen molar-refractivity contribution in [3.05, 3.63) is 23.8 Å². The third-order valence-electron chi connectivity index (χ3n) is 2.53. The van der Waals surface area contributed by atoms with Gasteiger partial charge < -0.3 is 10.0 Å². The first-order valence-electron chi connectivity index (χ1n) is 4.82. The maximum absolute atomic E-state index is 13.4. The van der Waals surface area contributed by atoms with Gasteiger partial charge in [0.25, 0.3) is 0 Å². The number of anilines is 1. The number of aliphatic hydroxyl groups is 1. The third-order valence-corrected chi connectivity index (χ3v) is 3.60. The van der Waals surface area contributed by atoms with Gasteiger partial charge >= 0.3 is 0 Å². The Morgan fingerprint density at radius 2 is 2.12 bits per heavy atom. The van der Waals surface area contributed by atoms with Crippen LogP contribution in [0.3, 0.4) is 0 Å². The molecule has 2 heterocycles. The molecule has 0 spiro atoms. The first kappa shape index (κ1) is 9.92. The van der Waals surface area contributed by atoms with Gasteiger partial charge in [0.15, 0.2) is 10.9 Å². The van der Waals surface area contributed by atoms with E-state index in [1.165, 1.54) is 17.4 Å². The Bertz CT molecular complexity index is 551. The number of nitrogens with zero attached hydrogens (tertiary/aromatic N) is 2. The Hall–Kier alpha value is -1.27. The van der Waals surface area contributed by atoms with Crippen molar-refractivity contribution in [2.45, 2.75) is 6.10 Å². The average molecular weight is 242 g/mol. The molecule has 0 unspecified atom stereocenters. The Morgan fingerprint density at radius 1 is 1.38 bits per heavy atom. The molecule has 0 aliphatic carbocycles. The van der Waals surface area contributed by atoms with Crippen LogP contribution in [-0.4, -0.2) is 29.3 Å². The van der Waals surface area contributed by atoms with E-state index >= 15 is 0 Å². The fraction of sp³-hybridized carbons (Fsp3) is 0.300. The zero-order valence-electron chi connectivity index (χ0n) is 8.15. The molecule has 0 amide bonds. The molecule has 1 aromatic carbocycles. The van der Waals surface area contributed by atoms with Gasteiger partial charge in [0.2, 0.25) is 0 Å². The summed E-state index contributed by atoms with van der Waals surface area (Å²) in [5, 5.41) is 9.78. The number of aliphatic hydroxyl groups excluding tert-OH is 1. The number of thiazole rings is 1. The van der Waals surface area contributed by atoms with Crippen molar-refractivity contribution in [2.24, 2.45) is 0 Å². The smallest absolute Gasteiger partial charge is 0.186 e. The lowest BCUT2D eigenvalue weighted by atomic mass is 10.2. The topological polar surface area (TPSA) is 36.4 Å². The molecule has 16 heavy (non-hydrogen) atoms. The molecule has 0 radical (unpaired) electrons. The second kappa shape index (κ2) is 3.36. The van der Waals surface area contributed by atoms with Crippen LogP contribution >= 0.6 is 11.3 Å². The zero-order chi connectivity index (χ0) is 11.3. The highest BCUT2D eigenvalue weighted by molar-refractivity contribution is 7.22. The summed E-state index contributed by atoms with van der Waals surface area (Å²) >= 11 is 1.24. The standard InChI is InChI=1S/C10H8F2N2OS/c11-5-1-7(12)9-8(2-5)16-10(13-9)14-3-6(15)4-14/h1-2,6,15H,3-4H2. The van der Waals surface area contributed by atoms with Crippen molar-refractivity contribution >= 4 is 26.7 Å². The van der Waals surface area contributed by atoms with Crippen molar-refractivity contribution in [1.29, 1.82) is 0 Å². The van der Waals surface area contributed by atoms with E-state index in [9.17, 15) is 8.78 Å². The van der Waals surface area contributed by atoms with Crippen molar-refractivity contribution in [3.8, 4) is 0 Å². The molecule has 6 heteroatoms. The van der Waals surface area contributed by atoms with Crippen LogP contribution in [0.1, 0.15) is 0 Å². The number of fused-ring (bicyclic) bond motifs is 1. The fourth-order valence-electron chi connectivity index (χ4n) is 1.69. The van der Waals surface area contributed by atoms with Gasteiger partial charge in [-0.1, -0.05) is 11.3 Å². The van der Waals surface area contributed by atoms with Gasteiger partial charge in [-0.2, -0.15) is 0 Å². The van der Waals surface area contributed by atoms with Crippen LogP contribution in [0.15, 0.2) is 12.1 Å². The molecular weight excluding hydrogens is 234 g/mol. The van der Waals surface area contributed by atoms with Crippen molar-refractivity contribution < 1.29 is 13.9 Å². The SMILES string of the molecule is OC1CN(c2nc3c(F)cc(F)cc3s2)C1. The summed E-state index contributed by atoms with van der Waals surface area (Å²) < 4.78 is 26.8. The minimum atomic E-state index is -0.640. The predicted octanol–water partition coefficient (Wildman–Crippen LogP) is 1.76. The summed E-state index contributed by atoms with van der Waals surface area (Å²) in [7, 11) is 0. The summed E-state index contributed by atoms with van der Waals surface area (Å²) in [5.74, 6) is -1.23. The van der Waals surface area contributed by atoms with Crippen LogP contribution in [0, 0.1) is 11.6 Å². The average Bonchev–Trinajstić information content (AvgIpc) is 2.56. The third kappa shape index (κ3) is 1.45. The van der Waals surface area contributed by atoms with Crippen LogP contribution in [0.4, 0.5) is 13.9 Å². The van der Waals surface area contributed by atoms with E-state index < -0.39 is 11.6 Å². The molecule has 1 fully saturated rings. The van der Waals surface area contributed by atoms with Gasteiger partial charge in [0.05, 0.1) is 10.8 Å². The molecule has 0 atom stereocenters. The molecule has 3 rings (SSSR count). The van der Waals surface area contributed by atoms with Gasteiger partial charge in [0, 0.05) is 19.2 Å². The van der Waals surface area contributed by atoms with E-state index in [2.05, 4.69) is 4.98 Å². The molecular formula is C10H8F2N2OS. The van der Waals surface area contributed by atoms with Crippen LogP contribution in [0.2, 0.25) is 0 Å². The monoisotopic (exact) mass is 242 g/mol. The van der Waals surface area contributed by atoms with E-state index in [0.717, 1.165) is 6.07 Å². The highest BCUT2D eigenvalue weighted by Gasteiger charge is 2.27. The first-order chi connectivity index (χ1) is 7.63. The molecule has 1 N–H and O–H groups in total. The number of β-amino-alcohol motifs (C(OH)–C–C–N with tert-alkyl or cyclic N) is 1. The Kier molecular flexibility index (Phi) is 2.08. The largest absolute Gasteiger partial charge is 0.389 e. The van der Waals surface area contributed by atoms with E-state index in [4.69, 9.17) is 5.11 Å². The Balaban J connectivity index is 2.06. The van der Waals surface area contributed by atoms with Crippen LogP contribution in [0.25, 0.3) is 10.2 Å². The number of aromatic nitrogens is 1. The van der Waals surface area contributed by atoms with Gasteiger partial charge in [-0.15, -0.1) is 0 Å². The van der Waals surface area contributed by atoms with E-state index in [1.807, 2.05) is 4.90 Å². The second-order valence-electron chi connectivity index (χ2n) is 3.79. The lowest BCUT2D eigenvalue weighted by Crippen LogP contribution is -2.50. The molecule has 0 bridgehead atoms. The van der Waals surface area contributed by atoms with Crippen LogP contribution < -0.4 is 4.90 Å². The Morgan fingerprint density at radius 3 is 2.81 bits per heavy atom. The number of hydrogen-bond acceptors (Lipinski definition) is 4. The quantitative estimate of drug-likeness (QED) is 0.827. The lowest BCUT2D eigenvalue weighted by Gasteiger charge is -2.35. The van der Waals surface area contributed by atoms with Gasteiger partial charge in [0.1, 0.15) is 11.3 Å². The van der Waals surface area contributed by atoms with Crippen molar-refractivity contribution in [1.82, 2.24) is 4.98 Å². The molecule has 2 aromatic rings. The van der Waals surface area contributed by atoms with E-state index in [1.54, 1.807) is 0 Å². The van der Waals surface area contributed by atoms with Crippen molar-refractivity contribution in [2.75, 3.05) is 18.0 Å². The van der Waals surface area contributed by atoms with E-state index in [0.29, 0.717) is 22.9 Å². The molecule has 1 saturated heterocycles. The van der Waals surface area contributed by atoms with Crippen LogP contribution in [0.5, 0.6) is 0 Å². The molecule has 84 valence electrons. The highest BCUT2D eigenvalue weighted by Crippen LogP contribution is 2.32. The lowest BCUT2D eigenvalue weighted by molar-refractivity contribution is 0.142. The number of rotatable bonds is 1. The highest BCUT2D eigenvalue weighted by atomic mass is 32.1. The number of benzene rings is 1. The van der Waals surface area contributed by atoms with Crippen LogP contribution in [-0.2, 0) is 0 Å². The summed E-state index contributed by atoms with van der Waals surface area (Å²) in [6, 6.07) is 2.10. The molecule has 3 nitrogen and oxygen atoms in total. The first-order valence-corrected chi connectivity index (χ1v) is 5.64. The number of hydrogen-bond donors (Lipinski definition) is 1. The number of halogens is 2. The van der Waals surface area contributed by atoms with E-state index in [-0.39, 0.29) is 11.6 Å². The minimum absolute atomic E-state index is 0.197. The zero-order valence-corrected chi connectivity index (χ0v) is 8.97. The Labute approximate surface area is 93.9 Å². The van der Waals surface area contributed by atoms with Gasteiger partial charge in [-0.3, -0.25) is 0 Å². The normalized spacial score (nSPS) is 16.8. The molecule has 0 saturated carbocycles. The van der Waals surface area contributed by atoms with Crippen molar-refractivity contribution in [3.63, 3.8) is 0 Å². The predicted molar refractivity (Wildman–Crippen MR) is 57.8 cm³/mol. The summed E-state index contributed by atoms with van der Waals surface area (Å²) in [4.78, 5) is 5.94. The van der Waals surface area contributed by atoms with Gasteiger partial charge in [-0.25, -0.2) is 13.8 Å². The summed E-state index contributed by atoms with van der Waals surface area (Å²) in [6.07, 6.45) is -0.339. The maximum Gasteiger partial charge on any atom is 0.186 e. The fourth-order valence-corrected chi connectivity index (χ4v) is 2.72. The molecule has 1 aromatic heterocycles. The summed E-state index contributed by atoms with van der Waals surface area (Å²) in [5.41, 5.74) is 0.197. The molecule has 1 aliphatic heterocycles. The minimum Gasteiger partial charge on any atom is -0.389 e. The molecule has 1 aliphatic rings. The van der Waals surface area contributed by atoms with Gasteiger partial charge in [-0.05, 0) is 6.07 Å². The second-order valence-corrected chi connectivity index (χ2v) is 4.80.